The van der Waals surface area contributed by atoms with Crippen molar-refractivity contribution < 1.29 is 19.4 Å². The topological polar surface area (TPSA) is 60.7 Å². The fraction of sp³-hybridized carbons (Fsp3) is 0.208. The Balaban J connectivity index is 1.64. The third-order valence-electron chi connectivity index (χ3n) is 5.11. The van der Waals surface area contributed by atoms with Gasteiger partial charge in [0.25, 0.3) is 0 Å². The fourth-order valence-corrected chi connectivity index (χ4v) is 3.79. The molecule has 5 nitrogen and oxygen atoms in total. The van der Waals surface area contributed by atoms with Crippen LogP contribution in [-0.2, 0) is 11.3 Å². The average Bonchev–Trinajstić information content (AvgIpc) is 2.99. The number of aromatic hydroxyl groups is 1. The van der Waals surface area contributed by atoms with Gasteiger partial charge < -0.3 is 19.1 Å². The van der Waals surface area contributed by atoms with E-state index in [-0.39, 0.29) is 11.7 Å². The van der Waals surface area contributed by atoms with Gasteiger partial charge in [-0.1, -0.05) is 36.4 Å². The van der Waals surface area contributed by atoms with E-state index >= 15 is 0 Å². The van der Waals surface area contributed by atoms with Gasteiger partial charge in [0.05, 0.1) is 18.7 Å². The summed E-state index contributed by atoms with van der Waals surface area (Å²) in [5, 5.41) is 12.8. The van der Waals surface area contributed by atoms with Crippen molar-refractivity contribution in [3.63, 3.8) is 0 Å². The van der Waals surface area contributed by atoms with Crippen molar-refractivity contribution in [1.29, 1.82) is 0 Å². The van der Waals surface area contributed by atoms with E-state index in [1.54, 1.807) is 19.1 Å². The monoisotopic (exact) mass is 389 g/mol. The molecule has 0 bridgehead atoms. The minimum absolute atomic E-state index is 0.118. The first-order valence-electron chi connectivity index (χ1n) is 9.69. The Morgan fingerprint density at radius 3 is 2.66 bits per heavy atom. The summed E-state index contributed by atoms with van der Waals surface area (Å²) >= 11 is 0. The molecule has 0 aliphatic rings. The highest BCUT2D eigenvalue weighted by Gasteiger charge is 2.21. The molecular formula is C24H23NO4. The summed E-state index contributed by atoms with van der Waals surface area (Å²) in [5.74, 6) is 0.571. The Hall–Kier alpha value is -3.47. The van der Waals surface area contributed by atoms with Gasteiger partial charge in [0, 0.05) is 22.0 Å². The number of hydrogen-bond donors (Lipinski definition) is 1. The first-order valence-corrected chi connectivity index (χ1v) is 9.69. The molecule has 5 heteroatoms. The van der Waals surface area contributed by atoms with E-state index in [1.165, 1.54) is 0 Å². The predicted molar refractivity (Wildman–Crippen MR) is 114 cm³/mol. The van der Waals surface area contributed by atoms with Crippen LogP contribution in [0.5, 0.6) is 11.5 Å². The van der Waals surface area contributed by atoms with Crippen LogP contribution in [-0.4, -0.2) is 28.9 Å². The lowest BCUT2D eigenvalue weighted by Gasteiger charge is -2.12. The first kappa shape index (κ1) is 18.9. The zero-order chi connectivity index (χ0) is 20.4. The molecule has 0 atom stereocenters. The van der Waals surface area contributed by atoms with Gasteiger partial charge >= 0.3 is 5.97 Å². The van der Waals surface area contributed by atoms with Crippen molar-refractivity contribution in [2.75, 3.05) is 13.2 Å². The highest BCUT2D eigenvalue weighted by molar-refractivity contribution is 6.06. The van der Waals surface area contributed by atoms with Gasteiger partial charge in [-0.05, 0) is 43.5 Å². The van der Waals surface area contributed by atoms with Crippen LogP contribution in [0.3, 0.4) is 0 Å². The molecule has 3 aromatic carbocycles. The summed E-state index contributed by atoms with van der Waals surface area (Å²) < 4.78 is 13.3. The van der Waals surface area contributed by atoms with Crippen LogP contribution in [0.2, 0.25) is 0 Å². The molecule has 29 heavy (non-hydrogen) atoms. The number of esters is 1. The fourth-order valence-electron chi connectivity index (χ4n) is 3.79. The molecule has 0 saturated carbocycles. The second kappa shape index (κ2) is 7.87. The van der Waals surface area contributed by atoms with Gasteiger partial charge in [0.15, 0.2) is 0 Å². The summed E-state index contributed by atoms with van der Waals surface area (Å²) in [6.45, 7) is 4.98. The van der Waals surface area contributed by atoms with E-state index in [4.69, 9.17) is 9.47 Å². The molecule has 0 radical (unpaired) electrons. The van der Waals surface area contributed by atoms with Gasteiger partial charge in [-0.25, -0.2) is 4.79 Å². The largest absolute Gasteiger partial charge is 0.508 e. The third-order valence-corrected chi connectivity index (χ3v) is 5.11. The smallest absolute Gasteiger partial charge is 0.340 e. The van der Waals surface area contributed by atoms with Crippen molar-refractivity contribution in [3.8, 4) is 11.5 Å². The second-order valence-electron chi connectivity index (χ2n) is 6.86. The lowest BCUT2D eigenvalue weighted by molar-refractivity contribution is 0.0527. The average molecular weight is 389 g/mol. The molecule has 148 valence electrons. The molecule has 0 fully saturated rings. The van der Waals surface area contributed by atoms with Crippen molar-refractivity contribution in [2.45, 2.75) is 20.4 Å². The molecule has 0 amide bonds. The standard InChI is InChI=1S/C24H23NO4/c1-3-28-24(27)23-16(2)25(21-12-11-18(26)15-20(21)23)13-14-29-22-10-6-8-17-7-4-5-9-19(17)22/h4-12,15,26H,3,13-14H2,1-2H3. The van der Waals surface area contributed by atoms with Gasteiger partial charge in [0.1, 0.15) is 18.1 Å². The quantitative estimate of drug-likeness (QED) is 0.468. The lowest BCUT2D eigenvalue weighted by Crippen LogP contribution is -2.11. The molecular weight excluding hydrogens is 366 g/mol. The maximum atomic E-state index is 12.5. The number of hydrogen-bond acceptors (Lipinski definition) is 4. The van der Waals surface area contributed by atoms with E-state index in [9.17, 15) is 9.90 Å². The van der Waals surface area contributed by atoms with E-state index in [0.717, 1.165) is 27.7 Å². The second-order valence-corrected chi connectivity index (χ2v) is 6.86. The Kier molecular flexibility index (Phi) is 5.12. The number of carbonyl (C=O) groups is 1. The summed E-state index contributed by atoms with van der Waals surface area (Å²) in [6.07, 6.45) is 0. The number of phenolic OH excluding ortho intramolecular Hbond substituents is 1. The number of benzene rings is 3. The molecule has 0 saturated heterocycles. The van der Waals surface area contributed by atoms with Crippen LogP contribution in [0.25, 0.3) is 21.7 Å². The third kappa shape index (κ3) is 3.51. The van der Waals surface area contributed by atoms with Crippen LogP contribution in [0.1, 0.15) is 23.0 Å². The highest BCUT2D eigenvalue weighted by atomic mass is 16.5. The summed E-state index contributed by atoms with van der Waals surface area (Å²) in [6, 6.07) is 19.2. The summed E-state index contributed by atoms with van der Waals surface area (Å²) in [5.41, 5.74) is 2.15. The van der Waals surface area contributed by atoms with Crippen molar-refractivity contribution in [1.82, 2.24) is 4.57 Å². The van der Waals surface area contributed by atoms with Crippen LogP contribution in [0, 0.1) is 6.92 Å². The molecule has 0 aliphatic heterocycles. The van der Waals surface area contributed by atoms with Gasteiger partial charge in [-0.3, -0.25) is 0 Å². The summed E-state index contributed by atoms with van der Waals surface area (Å²) in [7, 11) is 0. The number of rotatable bonds is 6. The zero-order valence-electron chi connectivity index (χ0n) is 16.5. The van der Waals surface area contributed by atoms with Gasteiger partial charge in [-0.15, -0.1) is 0 Å². The van der Waals surface area contributed by atoms with E-state index in [1.807, 2.05) is 47.9 Å². The van der Waals surface area contributed by atoms with Crippen LogP contribution in [0.15, 0.2) is 60.7 Å². The number of ether oxygens (including phenoxy) is 2. The van der Waals surface area contributed by atoms with Crippen molar-refractivity contribution in [2.24, 2.45) is 0 Å². The minimum atomic E-state index is -0.380. The molecule has 0 unspecified atom stereocenters. The van der Waals surface area contributed by atoms with E-state index in [0.29, 0.717) is 30.7 Å². The number of aromatic nitrogens is 1. The molecule has 4 rings (SSSR count). The first-order chi connectivity index (χ1) is 14.1. The Morgan fingerprint density at radius 2 is 1.83 bits per heavy atom. The molecule has 0 aliphatic carbocycles. The van der Waals surface area contributed by atoms with E-state index < -0.39 is 0 Å². The molecule has 1 heterocycles. The minimum Gasteiger partial charge on any atom is -0.508 e. The predicted octanol–water partition coefficient (Wildman–Crippen LogP) is 5.06. The molecule has 4 aromatic rings. The van der Waals surface area contributed by atoms with Crippen molar-refractivity contribution >= 4 is 27.6 Å². The van der Waals surface area contributed by atoms with Gasteiger partial charge in [0.2, 0.25) is 0 Å². The zero-order valence-corrected chi connectivity index (χ0v) is 16.5. The Morgan fingerprint density at radius 1 is 1.03 bits per heavy atom. The summed E-state index contributed by atoms with van der Waals surface area (Å²) in [4.78, 5) is 12.5. The molecule has 1 aromatic heterocycles. The number of phenols is 1. The number of nitrogens with zero attached hydrogens (tertiary/aromatic N) is 1. The van der Waals surface area contributed by atoms with E-state index in [2.05, 4.69) is 12.1 Å². The normalized spacial score (nSPS) is 11.1. The molecule has 0 spiro atoms. The maximum Gasteiger partial charge on any atom is 0.340 e. The maximum absolute atomic E-state index is 12.5. The lowest BCUT2D eigenvalue weighted by atomic mass is 10.1. The molecule has 1 N–H and O–H groups in total. The number of carbonyl (C=O) groups excluding carboxylic acids is 1. The van der Waals surface area contributed by atoms with Crippen LogP contribution in [0.4, 0.5) is 0 Å². The number of fused-ring (bicyclic) bond motifs is 2. The SMILES string of the molecule is CCOC(=O)c1c(C)n(CCOc2cccc3ccccc23)c2ccc(O)cc12. The van der Waals surface area contributed by atoms with Crippen LogP contribution >= 0.6 is 0 Å². The highest BCUT2D eigenvalue weighted by Crippen LogP contribution is 2.30. The van der Waals surface area contributed by atoms with Gasteiger partial charge in [-0.2, -0.15) is 0 Å². The Bertz CT molecular complexity index is 1190. The van der Waals surface area contributed by atoms with Crippen LogP contribution < -0.4 is 4.74 Å². The Labute approximate surface area is 169 Å². The van der Waals surface area contributed by atoms with Crippen molar-refractivity contribution in [3.05, 3.63) is 71.9 Å².